The summed E-state index contributed by atoms with van der Waals surface area (Å²) in [5.74, 6) is -0.176. The van der Waals surface area contributed by atoms with E-state index in [-0.39, 0.29) is 17.9 Å². The first kappa shape index (κ1) is 16.1. The summed E-state index contributed by atoms with van der Waals surface area (Å²) in [4.78, 5) is 14.3. The molecule has 0 bridgehead atoms. The van der Waals surface area contributed by atoms with Gasteiger partial charge in [-0.15, -0.1) is 0 Å². The Balaban J connectivity index is 1.32. The van der Waals surface area contributed by atoms with Crippen LogP contribution in [-0.4, -0.2) is 52.3 Å². The van der Waals surface area contributed by atoms with Crippen LogP contribution in [0, 0.1) is 5.92 Å². The molecule has 3 N–H and O–H groups in total. The molecule has 1 heterocycles. The lowest BCUT2D eigenvalue weighted by Crippen LogP contribution is -2.48. The number of hydrogen-bond acceptors (Lipinski definition) is 4. The molecule has 1 amide bonds. The predicted octanol–water partition coefficient (Wildman–Crippen LogP) is 0.996. The summed E-state index contributed by atoms with van der Waals surface area (Å²) < 4.78 is 0. The Morgan fingerprint density at radius 1 is 1.17 bits per heavy atom. The van der Waals surface area contributed by atoms with Gasteiger partial charge >= 0.3 is 0 Å². The number of piperidine rings is 1. The minimum absolute atomic E-state index is 0.0286. The zero-order chi connectivity index (χ0) is 16.7. The fourth-order valence-corrected chi connectivity index (χ4v) is 4.18. The maximum atomic E-state index is 12.0. The van der Waals surface area contributed by atoms with Gasteiger partial charge < -0.3 is 15.5 Å². The van der Waals surface area contributed by atoms with Crippen LogP contribution in [0.5, 0.6) is 0 Å². The van der Waals surface area contributed by atoms with Crippen LogP contribution in [0.2, 0.25) is 0 Å². The minimum Gasteiger partial charge on any atom is -0.387 e. The van der Waals surface area contributed by atoms with E-state index < -0.39 is 12.2 Å². The molecule has 3 atom stereocenters. The number of carbonyl (C=O) groups excluding carboxylic acids is 1. The van der Waals surface area contributed by atoms with Crippen LogP contribution in [0.1, 0.15) is 42.9 Å². The summed E-state index contributed by atoms with van der Waals surface area (Å²) >= 11 is 0. The summed E-state index contributed by atoms with van der Waals surface area (Å²) in [6, 6.07) is 8.52. The lowest BCUT2D eigenvalue weighted by Gasteiger charge is -2.38. The van der Waals surface area contributed by atoms with Gasteiger partial charge in [0.25, 0.3) is 0 Å². The molecule has 4 rings (SSSR count). The van der Waals surface area contributed by atoms with Crippen molar-refractivity contribution in [2.24, 2.45) is 5.92 Å². The first-order valence-corrected chi connectivity index (χ1v) is 9.12. The highest BCUT2D eigenvalue weighted by Gasteiger charge is 2.38. The monoisotopic (exact) mass is 330 g/mol. The highest BCUT2D eigenvalue weighted by Crippen LogP contribution is 2.36. The van der Waals surface area contributed by atoms with E-state index in [2.05, 4.69) is 16.3 Å². The van der Waals surface area contributed by atoms with E-state index in [1.807, 2.05) is 18.2 Å². The SMILES string of the molecule is O=C(NC1CC1)[C@H](O)C1CCN([C@H]2Cc3ccccc3[C@H]2O)CC1. The zero-order valence-electron chi connectivity index (χ0n) is 13.9. The van der Waals surface area contributed by atoms with Crippen LogP contribution in [0.3, 0.4) is 0 Å². The molecule has 5 heteroatoms. The van der Waals surface area contributed by atoms with Crippen molar-refractivity contribution in [3.63, 3.8) is 0 Å². The third-order valence-electron chi connectivity index (χ3n) is 5.85. The van der Waals surface area contributed by atoms with E-state index >= 15 is 0 Å². The molecule has 1 aromatic rings. The van der Waals surface area contributed by atoms with Crippen molar-refractivity contribution in [2.75, 3.05) is 13.1 Å². The molecule has 3 aliphatic rings. The molecular formula is C19H26N2O3. The van der Waals surface area contributed by atoms with Crippen LogP contribution in [0.15, 0.2) is 24.3 Å². The highest BCUT2D eigenvalue weighted by atomic mass is 16.3. The molecule has 1 aliphatic heterocycles. The van der Waals surface area contributed by atoms with E-state index in [0.29, 0.717) is 6.04 Å². The second-order valence-electron chi connectivity index (χ2n) is 7.52. The molecule has 0 aromatic heterocycles. The van der Waals surface area contributed by atoms with Crippen LogP contribution in [-0.2, 0) is 11.2 Å². The van der Waals surface area contributed by atoms with Gasteiger partial charge in [-0.05, 0) is 62.2 Å². The Kier molecular flexibility index (Phi) is 4.33. The number of rotatable bonds is 4. The Morgan fingerprint density at radius 3 is 2.54 bits per heavy atom. The first-order chi connectivity index (χ1) is 11.6. The quantitative estimate of drug-likeness (QED) is 0.770. The van der Waals surface area contributed by atoms with Gasteiger partial charge in [-0.25, -0.2) is 0 Å². The third kappa shape index (κ3) is 3.08. The van der Waals surface area contributed by atoms with Crippen molar-refractivity contribution in [3.8, 4) is 0 Å². The number of carbonyl (C=O) groups is 1. The molecule has 1 aromatic carbocycles. The number of hydrogen-bond donors (Lipinski definition) is 3. The lowest BCUT2D eigenvalue weighted by molar-refractivity contribution is -0.133. The number of benzene rings is 1. The zero-order valence-corrected chi connectivity index (χ0v) is 13.9. The molecular weight excluding hydrogens is 304 g/mol. The van der Waals surface area contributed by atoms with Gasteiger partial charge in [0.15, 0.2) is 0 Å². The number of fused-ring (bicyclic) bond motifs is 1. The predicted molar refractivity (Wildman–Crippen MR) is 90.4 cm³/mol. The molecule has 0 radical (unpaired) electrons. The van der Waals surface area contributed by atoms with Gasteiger partial charge in [-0.2, -0.15) is 0 Å². The van der Waals surface area contributed by atoms with Crippen molar-refractivity contribution in [1.29, 1.82) is 0 Å². The molecule has 130 valence electrons. The Labute approximate surface area is 142 Å². The van der Waals surface area contributed by atoms with Crippen LogP contribution >= 0.6 is 0 Å². The average molecular weight is 330 g/mol. The topological polar surface area (TPSA) is 72.8 Å². The number of amides is 1. The lowest BCUT2D eigenvalue weighted by atomic mass is 9.89. The molecule has 0 spiro atoms. The fourth-order valence-electron chi connectivity index (χ4n) is 4.18. The van der Waals surface area contributed by atoms with Crippen molar-refractivity contribution in [2.45, 2.75) is 56.4 Å². The standard InChI is InChI=1S/C19H26N2O3/c22-17(19(24)20-14-5-6-14)12-7-9-21(10-8-12)16-11-13-3-1-2-4-15(13)18(16)23/h1-4,12,14,16-18,22-23H,5-11H2,(H,20,24)/t16-,17+,18+/m0/s1. The Bertz CT molecular complexity index is 608. The number of nitrogens with zero attached hydrogens (tertiary/aromatic N) is 1. The van der Waals surface area contributed by atoms with Crippen molar-refractivity contribution >= 4 is 5.91 Å². The van der Waals surface area contributed by atoms with Crippen LogP contribution < -0.4 is 5.32 Å². The van der Waals surface area contributed by atoms with Gasteiger partial charge in [0.05, 0.1) is 6.10 Å². The molecule has 5 nitrogen and oxygen atoms in total. The largest absolute Gasteiger partial charge is 0.387 e. The van der Waals surface area contributed by atoms with Crippen LogP contribution in [0.25, 0.3) is 0 Å². The maximum absolute atomic E-state index is 12.0. The molecule has 2 fully saturated rings. The number of aliphatic hydroxyl groups is 2. The third-order valence-corrected chi connectivity index (χ3v) is 5.85. The maximum Gasteiger partial charge on any atom is 0.249 e. The molecule has 1 saturated carbocycles. The Morgan fingerprint density at radius 2 is 1.88 bits per heavy atom. The molecule has 0 unspecified atom stereocenters. The highest BCUT2D eigenvalue weighted by molar-refractivity contribution is 5.81. The average Bonchev–Trinajstić information content (AvgIpc) is 3.36. The van der Waals surface area contributed by atoms with E-state index in [1.54, 1.807) is 0 Å². The van der Waals surface area contributed by atoms with E-state index in [9.17, 15) is 15.0 Å². The summed E-state index contributed by atoms with van der Waals surface area (Å²) in [6.07, 6.45) is 3.25. The van der Waals surface area contributed by atoms with Gasteiger partial charge in [0.2, 0.25) is 5.91 Å². The molecule has 2 aliphatic carbocycles. The second kappa shape index (κ2) is 6.47. The normalized spacial score (nSPS) is 29.2. The molecule has 1 saturated heterocycles. The fraction of sp³-hybridized carbons (Fsp3) is 0.632. The molecule has 24 heavy (non-hydrogen) atoms. The Hall–Kier alpha value is -1.43. The minimum atomic E-state index is -0.890. The van der Waals surface area contributed by atoms with Gasteiger partial charge in [-0.1, -0.05) is 24.3 Å². The van der Waals surface area contributed by atoms with Crippen molar-refractivity contribution in [1.82, 2.24) is 10.2 Å². The smallest absolute Gasteiger partial charge is 0.249 e. The number of likely N-dealkylation sites (tertiary alicyclic amines) is 1. The summed E-state index contributed by atoms with van der Waals surface area (Å²) in [5, 5.41) is 23.8. The van der Waals surface area contributed by atoms with E-state index in [4.69, 9.17) is 0 Å². The first-order valence-electron chi connectivity index (χ1n) is 9.12. The van der Waals surface area contributed by atoms with Crippen molar-refractivity contribution < 1.29 is 15.0 Å². The summed E-state index contributed by atoms with van der Waals surface area (Å²) in [6.45, 7) is 1.66. The summed E-state index contributed by atoms with van der Waals surface area (Å²) in [5.41, 5.74) is 2.29. The van der Waals surface area contributed by atoms with Crippen LogP contribution in [0.4, 0.5) is 0 Å². The second-order valence-corrected chi connectivity index (χ2v) is 7.52. The number of nitrogens with one attached hydrogen (secondary N) is 1. The van der Waals surface area contributed by atoms with Gasteiger partial charge in [0, 0.05) is 12.1 Å². The summed E-state index contributed by atoms with van der Waals surface area (Å²) in [7, 11) is 0. The van der Waals surface area contributed by atoms with Crippen molar-refractivity contribution in [3.05, 3.63) is 35.4 Å². The van der Waals surface area contributed by atoms with Gasteiger partial charge in [-0.3, -0.25) is 9.69 Å². The van der Waals surface area contributed by atoms with E-state index in [0.717, 1.165) is 50.8 Å². The van der Waals surface area contributed by atoms with E-state index in [1.165, 1.54) is 5.56 Å². The number of aliphatic hydroxyl groups excluding tert-OH is 2. The van der Waals surface area contributed by atoms with Gasteiger partial charge in [0.1, 0.15) is 6.10 Å².